The van der Waals surface area contributed by atoms with Crippen LogP contribution in [0.25, 0.3) is 0 Å². The molecule has 0 atom stereocenters. The molecule has 5 nitrogen and oxygen atoms in total. The van der Waals surface area contributed by atoms with E-state index in [2.05, 4.69) is 24.0 Å². The van der Waals surface area contributed by atoms with Crippen molar-refractivity contribution in [2.45, 2.75) is 69.1 Å². The first kappa shape index (κ1) is 16.0. The molecule has 4 N–H and O–H groups in total. The van der Waals surface area contributed by atoms with E-state index >= 15 is 0 Å². The Balaban J connectivity index is 1.33. The van der Waals surface area contributed by atoms with Gasteiger partial charge in [0.15, 0.2) is 0 Å². The summed E-state index contributed by atoms with van der Waals surface area (Å²) >= 11 is 0. The molecule has 0 radical (unpaired) electrons. The van der Waals surface area contributed by atoms with E-state index in [4.69, 9.17) is 21.2 Å². The monoisotopic (exact) mass is 342 g/mol. The number of aryl methyl sites for hydroxylation is 1. The largest absolute Gasteiger partial charge is 0.371 e. The van der Waals surface area contributed by atoms with Crippen molar-refractivity contribution in [1.82, 2.24) is 4.98 Å². The van der Waals surface area contributed by atoms with E-state index in [9.17, 15) is 0 Å². The normalized spacial score (nSPS) is 39.0. The number of ether oxygens (including phenoxy) is 1. The van der Waals surface area contributed by atoms with Crippen LogP contribution in [-0.4, -0.2) is 36.3 Å². The quantitative estimate of drug-likeness (QED) is 0.861. The molecule has 2 spiro atoms. The van der Waals surface area contributed by atoms with Gasteiger partial charge in [-0.1, -0.05) is 6.07 Å². The molecule has 5 heteroatoms. The van der Waals surface area contributed by atoms with Crippen LogP contribution in [0.3, 0.4) is 0 Å². The van der Waals surface area contributed by atoms with Crippen molar-refractivity contribution in [3.8, 4) is 0 Å². The van der Waals surface area contributed by atoms with Crippen LogP contribution >= 0.6 is 0 Å². The zero-order chi connectivity index (χ0) is 17.3. The molecule has 136 valence electrons. The highest BCUT2D eigenvalue weighted by atomic mass is 16.5. The van der Waals surface area contributed by atoms with E-state index in [-0.39, 0.29) is 11.1 Å². The first-order chi connectivity index (χ1) is 11.9. The van der Waals surface area contributed by atoms with E-state index in [0.717, 1.165) is 56.9 Å². The second kappa shape index (κ2) is 5.18. The smallest absolute Gasteiger partial charge is 0.128 e. The Morgan fingerprint density at radius 3 is 2.60 bits per heavy atom. The molecule has 0 unspecified atom stereocenters. The zero-order valence-corrected chi connectivity index (χ0v) is 15.3. The predicted molar refractivity (Wildman–Crippen MR) is 98.5 cm³/mol. The van der Waals surface area contributed by atoms with Crippen LogP contribution in [-0.2, 0) is 10.3 Å². The highest BCUT2D eigenvalue weighted by Crippen LogP contribution is 2.62. The van der Waals surface area contributed by atoms with Crippen LogP contribution < -0.4 is 16.4 Å². The molecular formula is C20H30N4O. The molecule has 0 amide bonds. The fraction of sp³-hybridized carbons (Fsp3) is 0.750. The SMILES string of the molecule is Cc1nc(N2CCOC3(CCC3)C2)ccc1C1(N)CC2(CC(N)C2)C1. The van der Waals surface area contributed by atoms with Gasteiger partial charge in [0.05, 0.1) is 12.2 Å². The summed E-state index contributed by atoms with van der Waals surface area (Å²) in [5.74, 6) is 1.08. The van der Waals surface area contributed by atoms with E-state index in [0.29, 0.717) is 11.5 Å². The van der Waals surface area contributed by atoms with E-state index in [1.54, 1.807) is 0 Å². The average Bonchev–Trinajstić information content (AvgIpc) is 2.50. The van der Waals surface area contributed by atoms with Crippen LogP contribution in [0.1, 0.15) is 56.2 Å². The third-order valence-corrected chi connectivity index (χ3v) is 7.22. The minimum atomic E-state index is -0.198. The lowest BCUT2D eigenvalue weighted by Crippen LogP contribution is -2.63. The maximum Gasteiger partial charge on any atom is 0.128 e. The van der Waals surface area contributed by atoms with Crippen LogP contribution in [0.15, 0.2) is 12.1 Å². The summed E-state index contributed by atoms with van der Waals surface area (Å²) in [6.45, 7) is 4.84. The first-order valence-corrected chi connectivity index (χ1v) is 9.83. The Labute approximate surface area is 150 Å². The van der Waals surface area contributed by atoms with E-state index < -0.39 is 0 Å². The minimum absolute atomic E-state index is 0.102. The molecule has 3 saturated carbocycles. The molecule has 0 bridgehead atoms. The number of anilines is 1. The molecule has 4 fully saturated rings. The van der Waals surface area contributed by atoms with Crippen LogP contribution in [0.5, 0.6) is 0 Å². The second-order valence-corrected chi connectivity index (χ2v) is 9.29. The summed E-state index contributed by atoms with van der Waals surface area (Å²) in [5, 5.41) is 0. The third kappa shape index (κ3) is 2.43. The lowest BCUT2D eigenvalue weighted by Gasteiger charge is -2.62. The van der Waals surface area contributed by atoms with Gasteiger partial charge in [0.1, 0.15) is 5.82 Å². The predicted octanol–water partition coefficient (Wildman–Crippen LogP) is 2.20. The Kier molecular flexibility index (Phi) is 3.32. The molecule has 1 saturated heterocycles. The van der Waals surface area contributed by atoms with Crippen molar-refractivity contribution in [2.24, 2.45) is 16.9 Å². The van der Waals surface area contributed by atoms with E-state index in [1.807, 2.05) is 0 Å². The Morgan fingerprint density at radius 2 is 2.00 bits per heavy atom. The minimum Gasteiger partial charge on any atom is -0.371 e. The maximum absolute atomic E-state index is 6.74. The lowest BCUT2D eigenvalue weighted by molar-refractivity contribution is -0.106. The van der Waals surface area contributed by atoms with Crippen molar-refractivity contribution >= 4 is 5.82 Å². The van der Waals surface area contributed by atoms with Crippen LogP contribution in [0, 0.1) is 12.3 Å². The Morgan fingerprint density at radius 1 is 1.24 bits per heavy atom. The molecule has 4 aliphatic rings. The fourth-order valence-electron chi connectivity index (χ4n) is 5.98. The number of morpholine rings is 1. The number of hydrogen-bond donors (Lipinski definition) is 2. The molecule has 0 aromatic carbocycles. The van der Waals surface area contributed by atoms with E-state index in [1.165, 1.54) is 24.8 Å². The number of nitrogens with zero attached hydrogens (tertiary/aromatic N) is 2. The summed E-state index contributed by atoms with van der Waals surface area (Å²) in [6.07, 6.45) is 8.10. The summed E-state index contributed by atoms with van der Waals surface area (Å²) in [7, 11) is 0. The molecule has 1 aromatic rings. The first-order valence-electron chi connectivity index (χ1n) is 9.83. The van der Waals surface area contributed by atoms with Crippen molar-refractivity contribution in [1.29, 1.82) is 0 Å². The maximum atomic E-state index is 6.74. The Bertz CT molecular complexity index is 685. The molecule has 1 aliphatic heterocycles. The van der Waals surface area contributed by atoms with Gasteiger partial charge in [-0.25, -0.2) is 4.98 Å². The standard InChI is InChI=1S/C20H30N4O/c1-14-16(20(22)11-18(12-20)9-15(21)10-18)3-4-17(23-14)24-7-8-25-19(13-24)5-2-6-19/h3-4,15H,2,5-13,21-22H2,1H3. The van der Waals surface area contributed by atoms with Crippen LogP contribution in [0.2, 0.25) is 0 Å². The topological polar surface area (TPSA) is 77.4 Å². The number of pyridine rings is 1. The van der Waals surface area contributed by atoms with Gasteiger partial charge >= 0.3 is 0 Å². The number of aromatic nitrogens is 1. The summed E-state index contributed by atoms with van der Waals surface area (Å²) < 4.78 is 6.04. The summed E-state index contributed by atoms with van der Waals surface area (Å²) in [6, 6.07) is 4.80. The molecule has 1 aromatic heterocycles. The van der Waals surface area contributed by atoms with Gasteiger partial charge in [-0.2, -0.15) is 0 Å². The summed E-state index contributed by atoms with van der Waals surface area (Å²) in [4.78, 5) is 7.34. The van der Waals surface area contributed by atoms with Gasteiger partial charge in [-0.15, -0.1) is 0 Å². The van der Waals surface area contributed by atoms with Crippen molar-refractivity contribution in [3.05, 3.63) is 23.4 Å². The Hall–Kier alpha value is -1.17. The van der Waals surface area contributed by atoms with Crippen molar-refractivity contribution < 1.29 is 4.74 Å². The third-order valence-electron chi connectivity index (χ3n) is 7.22. The zero-order valence-electron chi connectivity index (χ0n) is 15.3. The lowest BCUT2D eigenvalue weighted by atomic mass is 9.46. The fourth-order valence-corrected chi connectivity index (χ4v) is 5.98. The number of rotatable bonds is 2. The average molecular weight is 342 g/mol. The van der Waals surface area contributed by atoms with Crippen molar-refractivity contribution in [2.75, 3.05) is 24.6 Å². The van der Waals surface area contributed by atoms with Gasteiger partial charge in [0, 0.05) is 30.4 Å². The van der Waals surface area contributed by atoms with Gasteiger partial charge in [-0.3, -0.25) is 0 Å². The highest BCUT2D eigenvalue weighted by Gasteiger charge is 2.58. The van der Waals surface area contributed by atoms with Crippen LogP contribution in [0.4, 0.5) is 5.82 Å². The molecule has 5 rings (SSSR count). The van der Waals surface area contributed by atoms with Gasteiger partial charge in [0.2, 0.25) is 0 Å². The second-order valence-electron chi connectivity index (χ2n) is 9.29. The van der Waals surface area contributed by atoms with Gasteiger partial charge < -0.3 is 21.1 Å². The summed E-state index contributed by atoms with van der Waals surface area (Å²) in [5.41, 5.74) is 15.4. The molecule has 3 aliphatic carbocycles. The number of hydrogen-bond acceptors (Lipinski definition) is 5. The molecule has 2 heterocycles. The molecule has 25 heavy (non-hydrogen) atoms. The van der Waals surface area contributed by atoms with Gasteiger partial charge in [-0.05, 0) is 68.9 Å². The number of nitrogens with two attached hydrogens (primary N) is 2. The molecular weight excluding hydrogens is 312 g/mol. The highest BCUT2D eigenvalue weighted by molar-refractivity contribution is 5.45. The van der Waals surface area contributed by atoms with Gasteiger partial charge in [0.25, 0.3) is 0 Å². The van der Waals surface area contributed by atoms with Crippen molar-refractivity contribution in [3.63, 3.8) is 0 Å².